The molecule has 2 unspecified atom stereocenters. The standard InChI is InChI=1S/C32H30FN5O2.C32H30FN5O/c1-20-16-29(38(36-20)25-10-8-22-13-14-35-32(34)26(22)19-25)30(39)18-24-17-23(9-11-27(24)33)28(12-7-21-5-6-21)37-15-3-2-4-31(37)40;1-20-15-29(38(37-20)26-11-9-22-13-14-35-32(34)27(22)18-26)30(39)17-25-16-24(10-12-28(25)33)31(36-19-21-7-8-21)23-5-3-2-4-6-23/h2-4,8-11,13-17,19,21,28H,5-7,12,18H2,1H3,(H2,34,35);2-6,9-16,18,21,31,36H,7-8,17,19H2,1H3,(H2,34,35). The van der Waals surface area contributed by atoms with E-state index in [1.807, 2.05) is 98.8 Å². The number of ketones is 2. The molecule has 5 heterocycles. The smallest absolute Gasteiger partial charge is 0.251 e. The lowest BCUT2D eigenvalue weighted by Gasteiger charge is -2.21. The summed E-state index contributed by atoms with van der Waals surface area (Å²) in [5.41, 5.74) is 19.1. The first-order valence-corrected chi connectivity index (χ1v) is 26.8. The molecule has 2 aliphatic carbocycles. The van der Waals surface area contributed by atoms with Crippen LogP contribution in [0.15, 0.2) is 169 Å². The number of rotatable bonds is 18. The highest BCUT2D eigenvalue weighted by atomic mass is 19.1. The van der Waals surface area contributed by atoms with Crippen LogP contribution in [0.4, 0.5) is 20.4 Å². The molecule has 10 aromatic rings. The van der Waals surface area contributed by atoms with Crippen molar-refractivity contribution in [2.24, 2.45) is 11.8 Å². The molecular weight excluding hydrogens is 995 g/mol. The van der Waals surface area contributed by atoms with Gasteiger partial charge in [0.25, 0.3) is 5.56 Å². The van der Waals surface area contributed by atoms with Gasteiger partial charge in [0.2, 0.25) is 0 Å². The average Bonchev–Trinajstić information content (AvgIpc) is 4.42. The summed E-state index contributed by atoms with van der Waals surface area (Å²) in [4.78, 5) is 48.3. The molecule has 2 fully saturated rings. The van der Waals surface area contributed by atoms with Gasteiger partial charge in [0.1, 0.15) is 34.7 Å². The number of anilines is 2. The van der Waals surface area contributed by atoms with Gasteiger partial charge in [-0.15, -0.1) is 0 Å². The molecule has 2 atom stereocenters. The van der Waals surface area contributed by atoms with E-state index in [1.165, 1.54) is 43.9 Å². The van der Waals surface area contributed by atoms with Crippen molar-refractivity contribution >= 4 is 44.7 Å². The molecule has 0 saturated heterocycles. The van der Waals surface area contributed by atoms with Crippen molar-refractivity contribution in [2.75, 3.05) is 18.0 Å². The van der Waals surface area contributed by atoms with Crippen LogP contribution in [0, 0.1) is 37.3 Å². The number of nitrogens with zero attached hydrogens (tertiary/aromatic N) is 7. The number of nitrogen functional groups attached to an aromatic ring is 2. The normalized spacial score (nSPS) is 14.0. The van der Waals surface area contributed by atoms with Gasteiger partial charge < -0.3 is 21.4 Å². The van der Waals surface area contributed by atoms with Gasteiger partial charge in [-0.2, -0.15) is 10.2 Å². The van der Waals surface area contributed by atoms with Gasteiger partial charge in [0.05, 0.1) is 34.8 Å². The minimum atomic E-state index is -0.453. The highest BCUT2D eigenvalue weighted by Crippen LogP contribution is 2.37. The van der Waals surface area contributed by atoms with Crippen molar-refractivity contribution in [1.82, 2.24) is 39.4 Å². The van der Waals surface area contributed by atoms with Gasteiger partial charge in [-0.3, -0.25) is 14.4 Å². The number of fused-ring (bicyclic) bond motifs is 2. The Labute approximate surface area is 456 Å². The van der Waals surface area contributed by atoms with Crippen LogP contribution in [0.2, 0.25) is 0 Å². The Morgan fingerprint density at radius 1 is 0.608 bits per heavy atom. The molecule has 15 heteroatoms. The van der Waals surface area contributed by atoms with Crippen LogP contribution in [0.25, 0.3) is 32.9 Å². The Balaban J connectivity index is 0.000000167. The van der Waals surface area contributed by atoms with Crippen molar-refractivity contribution in [3.63, 3.8) is 0 Å². The maximum absolute atomic E-state index is 15.1. The number of carbonyl (C=O) groups is 2. The number of aryl methyl sites for hydroxylation is 2. The number of hydrogen-bond donors (Lipinski definition) is 3. The second-order valence-corrected chi connectivity index (χ2v) is 20.9. The number of Topliss-reactive ketones (excluding diaryl/α,β-unsaturated/α-hetero) is 2. The predicted octanol–water partition coefficient (Wildman–Crippen LogP) is 11.8. The SMILES string of the molecule is Cc1cc(C(=O)Cc2cc(C(CCC3CC3)n3ccccc3=O)ccc2F)n(-c2ccc3ccnc(N)c3c2)n1.Cc1cc(C(=O)Cc2cc(C(NCC3CC3)c3ccccc3)ccc2F)n(-c2ccc3ccnc(N)c3c2)n1. The minimum absolute atomic E-state index is 0.0772. The predicted molar refractivity (Wildman–Crippen MR) is 305 cm³/mol. The van der Waals surface area contributed by atoms with Crippen molar-refractivity contribution in [3.8, 4) is 11.4 Å². The number of nitrogens with two attached hydrogens (primary N) is 2. The lowest BCUT2D eigenvalue weighted by atomic mass is 9.95. The van der Waals surface area contributed by atoms with E-state index >= 15 is 8.78 Å². The first kappa shape index (κ1) is 52.1. The van der Waals surface area contributed by atoms with E-state index in [1.54, 1.807) is 62.9 Å². The summed E-state index contributed by atoms with van der Waals surface area (Å²) in [6.07, 6.45) is 11.6. The quantitative estimate of drug-likeness (QED) is 0.0700. The average molecular weight is 1060 g/mol. The van der Waals surface area contributed by atoms with E-state index in [0.717, 1.165) is 57.6 Å². The molecule has 398 valence electrons. The summed E-state index contributed by atoms with van der Waals surface area (Å²) >= 11 is 0. The second-order valence-electron chi connectivity index (χ2n) is 20.9. The van der Waals surface area contributed by atoms with Gasteiger partial charge in [-0.1, -0.05) is 85.6 Å². The fourth-order valence-electron chi connectivity index (χ4n) is 10.4. The first-order chi connectivity index (χ1) is 38.3. The van der Waals surface area contributed by atoms with E-state index in [4.69, 9.17) is 11.5 Å². The Hall–Kier alpha value is -8.95. The maximum atomic E-state index is 15.1. The summed E-state index contributed by atoms with van der Waals surface area (Å²) in [6, 6.07) is 43.4. The third kappa shape index (κ3) is 11.8. The first-order valence-electron chi connectivity index (χ1n) is 26.8. The van der Waals surface area contributed by atoms with Crippen LogP contribution in [-0.4, -0.2) is 52.2 Å². The number of halogens is 2. The van der Waals surface area contributed by atoms with Gasteiger partial charge in [-0.05, 0) is 163 Å². The molecule has 13 nitrogen and oxygen atoms in total. The third-order valence-electron chi connectivity index (χ3n) is 15.0. The molecule has 12 rings (SSSR count). The zero-order chi connectivity index (χ0) is 54.7. The summed E-state index contributed by atoms with van der Waals surface area (Å²) < 4.78 is 35.1. The molecule has 0 aliphatic heterocycles. The minimum Gasteiger partial charge on any atom is -0.383 e. The lowest BCUT2D eigenvalue weighted by Crippen LogP contribution is -2.25. The Morgan fingerprint density at radius 2 is 1.14 bits per heavy atom. The molecule has 0 spiro atoms. The van der Waals surface area contributed by atoms with Crippen LogP contribution >= 0.6 is 0 Å². The molecule has 5 N–H and O–H groups in total. The zero-order valence-electron chi connectivity index (χ0n) is 44.0. The number of benzene rings is 5. The molecule has 5 aromatic carbocycles. The topological polar surface area (TPSA) is 182 Å². The van der Waals surface area contributed by atoms with Gasteiger partial charge in [-0.25, -0.2) is 28.1 Å². The Morgan fingerprint density at radius 3 is 1.68 bits per heavy atom. The molecule has 2 aliphatic rings. The van der Waals surface area contributed by atoms with E-state index in [2.05, 4.69) is 37.6 Å². The zero-order valence-corrected chi connectivity index (χ0v) is 44.0. The van der Waals surface area contributed by atoms with E-state index in [-0.39, 0.29) is 42.1 Å². The number of aromatic nitrogens is 7. The van der Waals surface area contributed by atoms with Crippen molar-refractivity contribution in [1.29, 1.82) is 0 Å². The van der Waals surface area contributed by atoms with E-state index in [9.17, 15) is 14.4 Å². The highest BCUT2D eigenvalue weighted by molar-refractivity contribution is 5.98. The van der Waals surface area contributed by atoms with Crippen molar-refractivity contribution in [2.45, 2.75) is 77.3 Å². The van der Waals surface area contributed by atoms with E-state index in [0.29, 0.717) is 68.7 Å². The number of pyridine rings is 3. The van der Waals surface area contributed by atoms with Gasteiger partial charge in [0.15, 0.2) is 11.6 Å². The molecule has 0 bridgehead atoms. The Bertz CT molecular complexity index is 3960. The fraction of sp³-hybridized carbons (Fsp3) is 0.234. The second kappa shape index (κ2) is 22.6. The van der Waals surface area contributed by atoms with E-state index < -0.39 is 11.6 Å². The Kier molecular flexibility index (Phi) is 14.9. The van der Waals surface area contributed by atoms with Crippen LogP contribution in [0.5, 0.6) is 0 Å². The lowest BCUT2D eigenvalue weighted by molar-refractivity contribution is 0.0976. The van der Waals surface area contributed by atoms with Crippen molar-refractivity contribution in [3.05, 3.63) is 237 Å². The summed E-state index contributed by atoms with van der Waals surface area (Å²) in [5, 5.41) is 16.2. The molecule has 79 heavy (non-hydrogen) atoms. The van der Waals surface area contributed by atoms with Crippen LogP contribution in [-0.2, 0) is 12.8 Å². The summed E-state index contributed by atoms with van der Waals surface area (Å²) in [6.45, 7) is 4.56. The molecule has 2 saturated carbocycles. The van der Waals surface area contributed by atoms with Crippen LogP contribution < -0.4 is 22.3 Å². The van der Waals surface area contributed by atoms with Crippen molar-refractivity contribution < 1.29 is 18.4 Å². The summed E-state index contributed by atoms with van der Waals surface area (Å²) in [5.74, 6) is 0.863. The van der Waals surface area contributed by atoms with Crippen LogP contribution in [0.3, 0.4) is 0 Å². The monoisotopic (exact) mass is 1050 g/mol. The number of carbonyl (C=O) groups excluding carboxylic acids is 2. The highest BCUT2D eigenvalue weighted by Gasteiger charge is 2.27. The molecule has 0 amide bonds. The van der Waals surface area contributed by atoms with Gasteiger partial charge >= 0.3 is 0 Å². The number of nitrogens with one attached hydrogen (secondary N) is 1. The third-order valence-corrected chi connectivity index (χ3v) is 15.0. The maximum Gasteiger partial charge on any atom is 0.251 e. The largest absolute Gasteiger partial charge is 0.383 e. The summed E-state index contributed by atoms with van der Waals surface area (Å²) in [7, 11) is 0. The fourth-order valence-corrected chi connectivity index (χ4v) is 10.4. The number of hydrogen-bond acceptors (Lipinski definition) is 10. The van der Waals surface area contributed by atoms with Crippen LogP contribution in [0.1, 0.15) is 111 Å². The molecule has 5 aromatic heterocycles. The van der Waals surface area contributed by atoms with Gasteiger partial charge in [0, 0.05) is 48.3 Å². The molecular formula is C64H60F2N10O3. The molecule has 0 radical (unpaired) electrons.